The van der Waals surface area contributed by atoms with Crippen LogP contribution in [-0.2, 0) is 0 Å². The van der Waals surface area contributed by atoms with Gasteiger partial charge in [-0.25, -0.2) is 4.98 Å². The molecule has 0 amide bonds. The molecule has 134 valence electrons. The molecule has 1 aliphatic carbocycles. The van der Waals surface area contributed by atoms with Crippen molar-refractivity contribution in [3.05, 3.63) is 36.9 Å². The van der Waals surface area contributed by atoms with Gasteiger partial charge in [0.1, 0.15) is 5.65 Å². The Kier molecular flexibility index (Phi) is 3.65. The van der Waals surface area contributed by atoms with E-state index in [0.717, 1.165) is 48.1 Å². The third kappa shape index (κ3) is 2.83. The van der Waals surface area contributed by atoms with Crippen molar-refractivity contribution in [2.75, 3.05) is 18.0 Å². The summed E-state index contributed by atoms with van der Waals surface area (Å²) in [4.78, 5) is 10.2. The van der Waals surface area contributed by atoms with Crippen LogP contribution >= 0.6 is 0 Å². The van der Waals surface area contributed by atoms with E-state index in [1.54, 1.807) is 12.4 Å². The molecular weight excluding hydrogens is 326 g/mol. The van der Waals surface area contributed by atoms with Gasteiger partial charge in [0.2, 0.25) is 0 Å². The van der Waals surface area contributed by atoms with Crippen LogP contribution in [0.1, 0.15) is 25.7 Å². The zero-order valence-corrected chi connectivity index (χ0v) is 14.7. The number of nitrogens with zero attached hydrogens (tertiary/aromatic N) is 4. The monoisotopic (exact) mass is 349 g/mol. The normalized spacial score (nSPS) is 23.5. The van der Waals surface area contributed by atoms with Crippen molar-refractivity contribution in [2.24, 2.45) is 5.73 Å². The van der Waals surface area contributed by atoms with E-state index in [1.165, 1.54) is 18.5 Å². The van der Waals surface area contributed by atoms with E-state index in [9.17, 15) is 0 Å². The Morgan fingerprint density at radius 1 is 1.23 bits per heavy atom. The summed E-state index contributed by atoms with van der Waals surface area (Å²) < 4.78 is 0. The lowest BCUT2D eigenvalue weighted by Crippen LogP contribution is -2.63. The number of H-pyrrole nitrogens is 1. The standard InChI is InChI=1S/C19H23N7/c20-19(25-14-2-3-14)6-1-9-26(12-19)16-5-7-21-18-17(16)15(11-22-18)13-4-8-23-24-10-13/h4-5,7-8,10-11,14,25H,1-3,6,9,12,20H2,(H,21,22)/t19-/m0/s1. The van der Waals surface area contributed by atoms with E-state index in [-0.39, 0.29) is 5.66 Å². The fourth-order valence-corrected chi connectivity index (χ4v) is 4.02. The predicted octanol–water partition coefficient (Wildman–Crippen LogP) is 2.03. The first-order chi connectivity index (χ1) is 12.7. The number of nitrogens with two attached hydrogens (primary N) is 1. The zero-order chi connectivity index (χ0) is 17.6. The highest BCUT2D eigenvalue weighted by Gasteiger charge is 2.37. The van der Waals surface area contributed by atoms with Gasteiger partial charge in [-0.2, -0.15) is 10.2 Å². The minimum absolute atomic E-state index is 0.316. The van der Waals surface area contributed by atoms with Crippen LogP contribution in [0.15, 0.2) is 36.9 Å². The molecule has 1 saturated heterocycles. The predicted molar refractivity (Wildman–Crippen MR) is 102 cm³/mol. The lowest BCUT2D eigenvalue weighted by Gasteiger charge is -2.42. The molecule has 4 heterocycles. The first kappa shape index (κ1) is 15.7. The molecule has 7 heteroatoms. The van der Waals surface area contributed by atoms with E-state index in [1.807, 2.05) is 18.5 Å². The maximum atomic E-state index is 6.70. The third-order valence-corrected chi connectivity index (χ3v) is 5.38. The number of rotatable bonds is 4. The van der Waals surface area contributed by atoms with Gasteiger partial charge in [-0.1, -0.05) is 0 Å². The van der Waals surface area contributed by atoms with Crippen molar-refractivity contribution in [3.8, 4) is 11.1 Å². The topological polar surface area (TPSA) is 95.8 Å². The van der Waals surface area contributed by atoms with Crippen LogP contribution in [0.25, 0.3) is 22.2 Å². The molecule has 0 aromatic carbocycles. The van der Waals surface area contributed by atoms with E-state index in [2.05, 4.69) is 36.4 Å². The van der Waals surface area contributed by atoms with E-state index in [0.29, 0.717) is 6.04 Å². The molecule has 1 atom stereocenters. The van der Waals surface area contributed by atoms with Crippen LogP contribution in [0.3, 0.4) is 0 Å². The number of nitrogens with one attached hydrogen (secondary N) is 2. The Balaban J connectivity index is 1.55. The molecular formula is C19H23N7. The molecule has 2 aliphatic rings. The molecule has 7 nitrogen and oxygen atoms in total. The van der Waals surface area contributed by atoms with Gasteiger partial charge in [-0.15, -0.1) is 0 Å². The number of anilines is 1. The first-order valence-corrected chi connectivity index (χ1v) is 9.27. The van der Waals surface area contributed by atoms with Gasteiger partial charge in [-0.3, -0.25) is 5.32 Å². The van der Waals surface area contributed by atoms with Crippen molar-refractivity contribution < 1.29 is 0 Å². The number of fused-ring (bicyclic) bond motifs is 1. The minimum Gasteiger partial charge on any atom is -0.368 e. The van der Waals surface area contributed by atoms with Crippen molar-refractivity contribution in [1.82, 2.24) is 25.5 Å². The summed E-state index contributed by atoms with van der Waals surface area (Å²) in [7, 11) is 0. The maximum absolute atomic E-state index is 6.70. The summed E-state index contributed by atoms with van der Waals surface area (Å²) in [6.45, 7) is 1.81. The molecule has 0 spiro atoms. The molecule has 0 radical (unpaired) electrons. The van der Waals surface area contributed by atoms with Gasteiger partial charge < -0.3 is 15.6 Å². The molecule has 0 bridgehead atoms. The summed E-state index contributed by atoms with van der Waals surface area (Å²) in [5.41, 5.74) is 10.6. The smallest absolute Gasteiger partial charge is 0.139 e. The molecule has 1 aliphatic heterocycles. The summed E-state index contributed by atoms with van der Waals surface area (Å²) >= 11 is 0. The van der Waals surface area contributed by atoms with E-state index >= 15 is 0 Å². The molecule has 5 rings (SSSR count). The summed E-state index contributed by atoms with van der Waals surface area (Å²) in [6.07, 6.45) is 12.0. The Labute approximate surface area is 152 Å². The minimum atomic E-state index is -0.316. The van der Waals surface area contributed by atoms with Gasteiger partial charge in [0.15, 0.2) is 0 Å². The quantitative estimate of drug-likeness (QED) is 0.624. The maximum Gasteiger partial charge on any atom is 0.139 e. The average molecular weight is 349 g/mol. The van der Waals surface area contributed by atoms with Crippen LogP contribution in [0.4, 0.5) is 5.69 Å². The molecule has 4 N–H and O–H groups in total. The second kappa shape index (κ2) is 6.03. The Hall–Kier alpha value is -2.51. The second-order valence-corrected chi connectivity index (χ2v) is 7.49. The number of piperidine rings is 1. The summed E-state index contributed by atoms with van der Waals surface area (Å²) in [6, 6.07) is 4.67. The zero-order valence-electron chi connectivity index (χ0n) is 14.7. The summed E-state index contributed by atoms with van der Waals surface area (Å²) in [5.74, 6) is 0. The highest BCUT2D eigenvalue weighted by molar-refractivity contribution is 6.02. The fraction of sp³-hybridized carbons (Fsp3) is 0.421. The highest BCUT2D eigenvalue weighted by Crippen LogP contribution is 2.36. The Morgan fingerprint density at radius 3 is 2.96 bits per heavy atom. The molecule has 3 aromatic heterocycles. The molecule has 3 aromatic rings. The first-order valence-electron chi connectivity index (χ1n) is 9.27. The van der Waals surface area contributed by atoms with Gasteiger partial charge in [0.25, 0.3) is 0 Å². The Morgan fingerprint density at radius 2 is 2.15 bits per heavy atom. The van der Waals surface area contributed by atoms with Gasteiger partial charge in [0.05, 0.1) is 23.7 Å². The van der Waals surface area contributed by atoms with Gasteiger partial charge >= 0.3 is 0 Å². The van der Waals surface area contributed by atoms with Crippen molar-refractivity contribution in [2.45, 2.75) is 37.4 Å². The molecule has 0 unspecified atom stereocenters. The summed E-state index contributed by atoms with van der Waals surface area (Å²) in [5, 5.41) is 12.7. The number of hydrogen-bond acceptors (Lipinski definition) is 6. The number of hydrogen-bond donors (Lipinski definition) is 3. The number of aromatic nitrogens is 4. The van der Waals surface area contributed by atoms with Crippen molar-refractivity contribution in [3.63, 3.8) is 0 Å². The third-order valence-electron chi connectivity index (χ3n) is 5.38. The van der Waals surface area contributed by atoms with E-state index < -0.39 is 0 Å². The lowest BCUT2D eigenvalue weighted by molar-refractivity contribution is 0.276. The van der Waals surface area contributed by atoms with Gasteiger partial charge in [-0.05, 0) is 37.8 Å². The Bertz CT molecular complexity index is 918. The fourth-order valence-electron chi connectivity index (χ4n) is 4.02. The van der Waals surface area contributed by atoms with Crippen LogP contribution in [0.5, 0.6) is 0 Å². The highest BCUT2D eigenvalue weighted by atomic mass is 15.3. The average Bonchev–Trinajstić information content (AvgIpc) is 3.35. The number of aromatic amines is 1. The van der Waals surface area contributed by atoms with Crippen molar-refractivity contribution >= 4 is 16.7 Å². The molecule has 2 fully saturated rings. The van der Waals surface area contributed by atoms with Crippen LogP contribution < -0.4 is 16.0 Å². The van der Waals surface area contributed by atoms with Crippen LogP contribution in [-0.4, -0.2) is 45.0 Å². The number of pyridine rings is 1. The molecule has 26 heavy (non-hydrogen) atoms. The second-order valence-electron chi connectivity index (χ2n) is 7.49. The van der Waals surface area contributed by atoms with Crippen molar-refractivity contribution in [1.29, 1.82) is 0 Å². The van der Waals surface area contributed by atoms with Crippen LogP contribution in [0, 0.1) is 0 Å². The van der Waals surface area contributed by atoms with E-state index in [4.69, 9.17) is 5.73 Å². The molecule has 1 saturated carbocycles. The SMILES string of the molecule is N[C@]1(NC2CC2)CCCN(c2ccnc3[nH]cc(-c4ccnnc4)c23)C1. The largest absolute Gasteiger partial charge is 0.368 e. The van der Waals surface area contributed by atoms with Gasteiger partial charge in [0, 0.05) is 48.0 Å². The lowest BCUT2D eigenvalue weighted by atomic mass is 9.97. The van der Waals surface area contributed by atoms with Crippen LogP contribution in [0.2, 0.25) is 0 Å².